The zero-order chi connectivity index (χ0) is 10.8. The molecule has 0 bridgehead atoms. The third-order valence-electron chi connectivity index (χ3n) is 2.22. The number of rotatable bonds is 2. The van der Waals surface area contributed by atoms with Gasteiger partial charge in [0.25, 0.3) is 0 Å². The van der Waals surface area contributed by atoms with Gasteiger partial charge in [-0.25, -0.2) is 0 Å². The van der Waals surface area contributed by atoms with Crippen LogP contribution in [0, 0.1) is 11.7 Å². The molecular weight excluding hydrogens is 208 g/mol. The average molecular weight is 220 g/mol. The molecule has 3 N–H and O–H groups in total. The van der Waals surface area contributed by atoms with Gasteiger partial charge in [-0.15, -0.1) is 0 Å². The smallest absolute Gasteiger partial charge is 0.199 e. The van der Waals surface area contributed by atoms with Gasteiger partial charge >= 0.3 is 0 Å². The molecule has 15 heavy (non-hydrogen) atoms. The van der Waals surface area contributed by atoms with Gasteiger partial charge in [0, 0.05) is 5.69 Å². The lowest BCUT2D eigenvalue weighted by Gasteiger charge is -2.05. The summed E-state index contributed by atoms with van der Waals surface area (Å²) in [5.41, 5.74) is 7.78. The molecule has 0 aliphatic rings. The largest absolute Gasteiger partial charge is 0.324 e. The van der Waals surface area contributed by atoms with Crippen molar-refractivity contribution in [2.45, 2.75) is 13.5 Å². The van der Waals surface area contributed by atoms with E-state index in [-0.39, 0.29) is 0 Å². The Labute approximate surface area is 92.7 Å². The number of H-pyrrole nitrogens is 1. The number of hydrogen-bond donors (Lipinski definition) is 2. The van der Waals surface area contributed by atoms with Gasteiger partial charge in [-0.3, -0.25) is 9.67 Å². The number of aryl methyl sites for hydroxylation is 1. The van der Waals surface area contributed by atoms with Crippen LogP contribution in [0.25, 0.3) is 5.69 Å². The van der Waals surface area contributed by atoms with Crippen molar-refractivity contribution in [3.05, 3.63) is 40.4 Å². The minimum Gasteiger partial charge on any atom is -0.324 e. The molecule has 0 aliphatic carbocycles. The summed E-state index contributed by atoms with van der Waals surface area (Å²) in [4.78, 5) is 0. The highest BCUT2D eigenvalue weighted by molar-refractivity contribution is 7.71. The fourth-order valence-corrected chi connectivity index (χ4v) is 1.68. The van der Waals surface area contributed by atoms with Gasteiger partial charge in [-0.05, 0) is 31.3 Å². The minimum absolute atomic E-state index is 0.362. The van der Waals surface area contributed by atoms with E-state index in [0.717, 1.165) is 11.5 Å². The number of aromatic nitrogens is 3. The molecular formula is C10H12N4S. The summed E-state index contributed by atoms with van der Waals surface area (Å²) >= 11 is 5.14. The molecule has 2 rings (SSSR count). The standard InChI is InChI=1S/C10H12N4S/c1-7-2-4-8(5-3-7)14-9(6-11)12-13-10(14)15/h2-5H,6,11H2,1H3,(H,13,15). The lowest BCUT2D eigenvalue weighted by Crippen LogP contribution is -2.06. The van der Waals surface area contributed by atoms with Gasteiger partial charge in [0.05, 0.1) is 6.54 Å². The van der Waals surface area contributed by atoms with E-state index in [9.17, 15) is 0 Å². The number of aromatic amines is 1. The van der Waals surface area contributed by atoms with Crippen LogP contribution in [0.4, 0.5) is 0 Å². The Morgan fingerprint density at radius 1 is 1.40 bits per heavy atom. The van der Waals surface area contributed by atoms with Gasteiger partial charge in [0.2, 0.25) is 0 Å². The Morgan fingerprint density at radius 3 is 2.67 bits per heavy atom. The maximum Gasteiger partial charge on any atom is 0.199 e. The molecule has 4 nitrogen and oxygen atoms in total. The van der Waals surface area contributed by atoms with E-state index in [1.165, 1.54) is 5.56 Å². The predicted molar refractivity (Wildman–Crippen MR) is 61.4 cm³/mol. The van der Waals surface area contributed by atoms with Crippen LogP contribution in [0.5, 0.6) is 0 Å². The number of nitrogens with one attached hydrogen (secondary N) is 1. The Bertz CT molecular complexity index is 509. The molecule has 0 saturated heterocycles. The maximum absolute atomic E-state index is 5.58. The van der Waals surface area contributed by atoms with Crippen LogP contribution in [-0.2, 0) is 6.54 Å². The van der Waals surface area contributed by atoms with Crippen LogP contribution in [-0.4, -0.2) is 14.8 Å². The van der Waals surface area contributed by atoms with Crippen LogP contribution in [0.15, 0.2) is 24.3 Å². The third-order valence-corrected chi connectivity index (χ3v) is 2.49. The second kappa shape index (κ2) is 3.96. The lowest BCUT2D eigenvalue weighted by molar-refractivity contribution is 0.857. The van der Waals surface area contributed by atoms with Gasteiger partial charge in [-0.1, -0.05) is 17.7 Å². The Kier molecular flexibility index (Phi) is 2.66. The molecule has 78 valence electrons. The summed E-state index contributed by atoms with van der Waals surface area (Å²) in [6.07, 6.45) is 0. The highest BCUT2D eigenvalue weighted by atomic mass is 32.1. The molecule has 0 atom stereocenters. The SMILES string of the molecule is Cc1ccc(-n2c(CN)n[nH]c2=S)cc1. The molecule has 0 fully saturated rings. The van der Waals surface area contributed by atoms with E-state index < -0.39 is 0 Å². The first-order valence-corrected chi connectivity index (χ1v) is 5.06. The fraction of sp³-hybridized carbons (Fsp3) is 0.200. The number of benzene rings is 1. The molecule has 0 aliphatic heterocycles. The molecule has 0 amide bonds. The van der Waals surface area contributed by atoms with Gasteiger partial charge in [-0.2, -0.15) is 5.10 Å². The topological polar surface area (TPSA) is 59.6 Å². The fourth-order valence-electron chi connectivity index (χ4n) is 1.43. The monoisotopic (exact) mass is 220 g/mol. The van der Waals surface area contributed by atoms with E-state index in [2.05, 4.69) is 10.2 Å². The van der Waals surface area contributed by atoms with Crippen molar-refractivity contribution in [3.63, 3.8) is 0 Å². The second-order valence-electron chi connectivity index (χ2n) is 3.32. The predicted octanol–water partition coefficient (Wildman–Crippen LogP) is 1.70. The van der Waals surface area contributed by atoms with Gasteiger partial charge in [0.15, 0.2) is 4.77 Å². The quantitative estimate of drug-likeness (QED) is 0.757. The van der Waals surface area contributed by atoms with E-state index >= 15 is 0 Å². The summed E-state index contributed by atoms with van der Waals surface area (Å²) in [5, 5.41) is 6.79. The van der Waals surface area contributed by atoms with Crippen LogP contribution in [0.3, 0.4) is 0 Å². The Balaban J connectivity index is 2.57. The summed E-state index contributed by atoms with van der Waals surface area (Å²) in [6, 6.07) is 8.06. The summed E-state index contributed by atoms with van der Waals surface area (Å²) in [5.74, 6) is 0.740. The summed E-state index contributed by atoms with van der Waals surface area (Å²) < 4.78 is 2.41. The molecule has 0 spiro atoms. The maximum atomic E-state index is 5.58. The zero-order valence-corrected chi connectivity index (χ0v) is 9.21. The molecule has 1 aromatic heterocycles. The van der Waals surface area contributed by atoms with Gasteiger partial charge in [0.1, 0.15) is 5.82 Å². The van der Waals surface area contributed by atoms with Crippen molar-refractivity contribution in [1.82, 2.24) is 14.8 Å². The van der Waals surface area contributed by atoms with Crippen LogP contribution in [0.1, 0.15) is 11.4 Å². The Hall–Kier alpha value is -1.46. The zero-order valence-electron chi connectivity index (χ0n) is 8.40. The van der Waals surface area contributed by atoms with Gasteiger partial charge < -0.3 is 5.73 Å². The number of nitrogens with zero attached hydrogens (tertiary/aromatic N) is 2. The molecule has 2 aromatic rings. The van der Waals surface area contributed by atoms with Crippen molar-refractivity contribution in [2.24, 2.45) is 5.73 Å². The van der Waals surface area contributed by atoms with E-state index in [0.29, 0.717) is 11.3 Å². The first-order chi connectivity index (χ1) is 7.22. The van der Waals surface area contributed by atoms with Crippen molar-refractivity contribution < 1.29 is 0 Å². The highest BCUT2D eigenvalue weighted by Gasteiger charge is 2.05. The summed E-state index contributed by atoms with van der Waals surface area (Å²) in [7, 11) is 0. The Morgan fingerprint density at radius 2 is 2.07 bits per heavy atom. The molecule has 0 unspecified atom stereocenters. The number of hydrogen-bond acceptors (Lipinski definition) is 3. The van der Waals surface area contributed by atoms with E-state index in [4.69, 9.17) is 18.0 Å². The van der Waals surface area contributed by atoms with Crippen molar-refractivity contribution in [2.75, 3.05) is 0 Å². The molecule has 0 saturated carbocycles. The normalized spacial score (nSPS) is 10.5. The average Bonchev–Trinajstić information content (AvgIpc) is 2.61. The summed E-state index contributed by atoms with van der Waals surface area (Å²) in [6.45, 7) is 2.41. The van der Waals surface area contributed by atoms with Crippen molar-refractivity contribution in [3.8, 4) is 5.69 Å². The van der Waals surface area contributed by atoms with Crippen molar-refractivity contribution >= 4 is 12.2 Å². The minimum atomic E-state index is 0.362. The molecule has 0 radical (unpaired) electrons. The van der Waals surface area contributed by atoms with E-state index in [1.54, 1.807) is 0 Å². The second-order valence-corrected chi connectivity index (χ2v) is 3.71. The van der Waals surface area contributed by atoms with Crippen LogP contribution >= 0.6 is 12.2 Å². The lowest BCUT2D eigenvalue weighted by atomic mass is 10.2. The highest BCUT2D eigenvalue weighted by Crippen LogP contribution is 2.11. The molecule has 1 aromatic carbocycles. The first kappa shape index (κ1) is 10.1. The number of nitrogens with two attached hydrogens (primary N) is 1. The molecule has 5 heteroatoms. The van der Waals surface area contributed by atoms with E-state index in [1.807, 2.05) is 35.8 Å². The van der Waals surface area contributed by atoms with Crippen LogP contribution in [0.2, 0.25) is 0 Å². The van der Waals surface area contributed by atoms with Crippen LogP contribution < -0.4 is 5.73 Å². The first-order valence-electron chi connectivity index (χ1n) is 4.66. The molecule has 1 heterocycles. The van der Waals surface area contributed by atoms with Crippen molar-refractivity contribution in [1.29, 1.82) is 0 Å². The third kappa shape index (κ3) is 1.84.